The average molecular weight is 438 g/mol. The van der Waals surface area contributed by atoms with Crippen molar-refractivity contribution < 1.29 is 19.1 Å². The number of benzene rings is 2. The lowest BCUT2D eigenvalue weighted by Gasteiger charge is -2.09. The van der Waals surface area contributed by atoms with Crippen molar-refractivity contribution in [1.29, 1.82) is 0 Å². The maximum atomic E-state index is 12.5. The van der Waals surface area contributed by atoms with E-state index in [-0.39, 0.29) is 18.4 Å². The zero-order chi connectivity index (χ0) is 21.6. The van der Waals surface area contributed by atoms with Crippen molar-refractivity contribution in [3.05, 3.63) is 64.7 Å². The predicted octanol–water partition coefficient (Wildman–Crippen LogP) is 4.30. The van der Waals surface area contributed by atoms with Crippen molar-refractivity contribution in [2.75, 3.05) is 24.4 Å². The summed E-state index contributed by atoms with van der Waals surface area (Å²) < 4.78 is 10.7. The summed E-state index contributed by atoms with van der Waals surface area (Å²) in [6, 6.07) is 13.8. The molecule has 0 saturated heterocycles. The summed E-state index contributed by atoms with van der Waals surface area (Å²) in [5, 5.41) is 6.27. The van der Waals surface area contributed by atoms with E-state index in [1.807, 2.05) is 0 Å². The summed E-state index contributed by atoms with van der Waals surface area (Å²) in [5.74, 6) is 0.656. The van der Waals surface area contributed by atoms with E-state index in [1.165, 1.54) is 11.3 Å². The van der Waals surface area contributed by atoms with Gasteiger partial charge in [0.15, 0.2) is 11.7 Å². The Labute approximate surface area is 184 Å². The summed E-state index contributed by atoms with van der Waals surface area (Å²) in [5.41, 5.74) is 2.24. The molecule has 0 fully saturated rings. The summed E-state index contributed by atoms with van der Waals surface area (Å²) in [6.45, 7) is -0.145. The monoisotopic (exact) mass is 437 g/mol. The topological polar surface area (TPSA) is 89.5 Å². The summed E-state index contributed by atoms with van der Waals surface area (Å²) >= 11 is 1.56. The van der Waals surface area contributed by atoms with E-state index < -0.39 is 0 Å². The van der Waals surface area contributed by atoms with Crippen LogP contribution in [0.15, 0.2) is 48.5 Å². The predicted molar refractivity (Wildman–Crippen MR) is 120 cm³/mol. The minimum atomic E-state index is -0.289. The number of rotatable bonds is 7. The lowest BCUT2D eigenvalue weighted by molar-refractivity contribution is -0.118. The molecule has 0 atom stereocenters. The van der Waals surface area contributed by atoms with E-state index in [4.69, 9.17) is 9.47 Å². The molecule has 1 aromatic heterocycles. The van der Waals surface area contributed by atoms with Gasteiger partial charge >= 0.3 is 0 Å². The molecular weight excluding hydrogens is 414 g/mol. The molecule has 1 aliphatic carbocycles. The molecule has 31 heavy (non-hydrogen) atoms. The van der Waals surface area contributed by atoms with Gasteiger partial charge in [-0.15, -0.1) is 11.3 Å². The highest BCUT2D eigenvalue weighted by molar-refractivity contribution is 7.15. The Balaban J connectivity index is 1.29. The number of carbonyl (C=O) groups excluding carboxylic acids is 2. The van der Waals surface area contributed by atoms with Crippen molar-refractivity contribution in [2.24, 2.45) is 0 Å². The number of aromatic nitrogens is 1. The number of nitrogens with zero attached hydrogens (tertiary/aromatic N) is 1. The lowest BCUT2D eigenvalue weighted by Crippen LogP contribution is -2.20. The van der Waals surface area contributed by atoms with Crippen molar-refractivity contribution in [2.45, 2.75) is 25.7 Å². The fraction of sp³-hybridized carbons (Fsp3) is 0.261. The van der Waals surface area contributed by atoms with Crippen molar-refractivity contribution in [3.63, 3.8) is 0 Å². The van der Waals surface area contributed by atoms with Crippen LogP contribution in [0.4, 0.5) is 10.8 Å². The molecular formula is C23H23N3O4S. The zero-order valence-electron chi connectivity index (χ0n) is 17.1. The molecule has 4 rings (SSSR count). The van der Waals surface area contributed by atoms with Crippen LogP contribution in [0, 0.1) is 0 Å². The third kappa shape index (κ3) is 5.40. The van der Waals surface area contributed by atoms with E-state index in [0.29, 0.717) is 27.9 Å². The second kappa shape index (κ2) is 9.61. The van der Waals surface area contributed by atoms with E-state index in [2.05, 4.69) is 15.6 Å². The molecule has 0 aliphatic heterocycles. The molecule has 160 valence electrons. The highest BCUT2D eigenvalue weighted by atomic mass is 32.1. The van der Waals surface area contributed by atoms with Gasteiger partial charge in [0.2, 0.25) is 0 Å². The normalized spacial score (nSPS) is 12.5. The Morgan fingerprint density at radius 3 is 2.61 bits per heavy atom. The standard InChI is InChI=1S/C23H23N3O4S/c1-29-18-6-4-5-16(13-18)24-21(27)14-30-17-11-9-15(10-12-17)22(28)26-23-25-19-7-2-3-8-20(19)31-23/h4-6,9-13H,2-3,7-8,14H2,1H3,(H,24,27)(H,25,26,28). The number of aryl methyl sites for hydroxylation is 2. The van der Waals surface area contributed by atoms with Crippen LogP contribution in [0.3, 0.4) is 0 Å². The van der Waals surface area contributed by atoms with Crippen LogP contribution in [0.25, 0.3) is 0 Å². The molecule has 2 amide bonds. The number of amides is 2. The SMILES string of the molecule is COc1cccc(NC(=O)COc2ccc(C(=O)Nc3nc4c(s3)CCCC4)cc2)c1. The Hall–Kier alpha value is -3.39. The van der Waals surface area contributed by atoms with Gasteiger partial charge in [0.1, 0.15) is 11.5 Å². The molecule has 0 saturated carbocycles. The van der Waals surface area contributed by atoms with Gasteiger partial charge in [0, 0.05) is 22.2 Å². The molecule has 7 nitrogen and oxygen atoms in total. The molecule has 1 aliphatic rings. The molecule has 2 N–H and O–H groups in total. The number of ether oxygens (including phenoxy) is 2. The number of carbonyl (C=O) groups is 2. The van der Waals surface area contributed by atoms with Crippen LogP contribution in [-0.4, -0.2) is 30.5 Å². The summed E-state index contributed by atoms with van der Waals surface area (Å²) in [4.78, 5) is 30.4. The van der Waals surface area contributed by atoms with Crippen LogP contribution in [-0.2, 0) is 17.6 Å². The first-order valence-corrected chi connectivity index (χ1v) is 10.9. The third-order valence-electron chi connectivity index (χ3n) is 4.91. The Bertz CT molecular complexity index is 1060. The Morgan fingerprint density at radius 1 is 1.03 bits per heavy atom. The van der Waals surface area contributed by atoms with Crippen molar-refractivity contribution >= 4 is 34.0 Å². The van der Waals surface area contributed by atoms with Gasteiger partial charge in [-0.2, -0.15) is 0 Å². The van der Waals surface area contributed by atoms with Gasteiger partial charge < -0.3 is 14.8 Å². The first kappa shape index (κ1) is 20.9. The quantitative estimate of drug-likeness (QED) is 0.575. The highest BCUT2D eigenvalue weighted by Gasteiger charge is 2.17. The average Bonchev–Trinajstić information content (AvgIpc) is 3.20. The summed E-state index contributed by atoms with van der Waals surface area (Å²) in [7, 11) is 1.57. The van der Waals surface area contributed by atoms with Gasteiger partial charge in [-0.25, -0.2) is 4.98 Å². The van der Waals surface area contributed by atoms with Crippen LogP contribution in [0.1, 0.15) is 33.8 Å². The molecule has 2 aromatic carbocycles. The summed E-state index contributed by atoms with van der Waals surface area (Å²) in [6.07, 6.45) is 4.37. The number of hydrogen-bond acceptors (Lipinski definition) is 6. The first-order valence-electron chi connectivity index (χ1n) is 10.1. The van der Waals surface area contributed by atoms with Gasteiger partial charge in [-0.05, 0) is 62.1 Å². The van der Waals surface area contributed by atoms with Crippen LogP contribution in [0.5, 0.6) is 11.5 Å². The van der Waals surface area contributed by atoms with Crippen LogP contribution < -0.4 is 20.1 Å². The molecule has 0 bridgehead atoms. The van der Waals surface area contributed by atoms with Crippen molar-refractivity contribution in [1.82, 2.24) is 4.98 Å². The van der Waals surface area contributed by atoms with Gasteiger partial charge in [0.25, 0.3) is 11.8 Å². The first-order chi connectivity index (χ1) is 15.1. The number of nitrogens with one attached hydrogen (secondary N) is 2. The molecule has 8 heteroatoms. The minimum Gasteiger partial charge on any atom is -0.497 e. The molecule has 1 heterocycles. The zero-order valence-corrected chi connectivity index (χ0v) is 18.0. The Morgan fingerprint density at radius 2 is 1.84 bits per heavy atom. The van der Waals surface area contributed by atoms with E-state index in [9.17, 15) is 9.59 Å². The van der Waals surface area contributed by atoms with E-state index >= 15 is 0 Å². The van der Waals surface area contributed by atoms with Crippen molar-refractivity contribution in [3.8, 4) is 11.5 Å². The van der Waals surface area contributed by atoms with Gasteiger partial charge in [-0.3, -0.25) is 14.9 Å². The second-order valence-corrected chi connectivity index (χ2v) is 8.23. The maximum absolute atomic E-state index is 12.5. The molecule has 0 radical (unpaired) electrons. The fourth-order valence-corrected chi connectivity index (χ4v) is 4.37. The van der Waals surface area contributed by atoms with E-state index in [0.717, 1.165) is 25.0 Å². The molecule has 0 unspecified atom stereocenters. The van der Waals surface area contributed by atoms with Crippen LogP contribution >= 0.6 is 11.3 Å². The molecule has 0 spiro atoms. The highest BCUT2D eigenvalue weighted by Crippen LogP contribution is 2.29. The van der Waals surface area contributed by atoms with Gasteiger partial charge in [-0.1, -0.05) is 6.07 Å². The third-order valence-corrected chi connectivity index (χ3v) is 5.98. The number of methoxy groups -OCH3 is 1. The number of fused-ring (bicyclic) bond motifs is 1. The lowest BCUT2D eigenvalue weighted by atomic mass is 10.0. The maximum Gasteiger partial charge on any atom is 0.262 e. The van der Waals surface area contributed by atoms with Crippen LogP contribution in [0.2, 0.25) is 0 Å². The number of anilines is 2. The fourth-order valence-electron chi connectivity index (χ4n) is 3.32. The largest absolute Gasteiger partial charge is 0.497 e. The van der Waals surface area contributed by atoms with Gasteiger partial charge in [0.05, 0.1) is 12.8 Å². The smallest absolute Gasteiger partial charge is 0.262 e. The number of hydrogen-bond donors (Lipinski definition) is 2. The van der Waals surface area contributed by atoms with E-state index in [1.54, 1.807) is 67.0 Å². The molecule has 3 aromatic rings. The second-order valence-electron chi connectivity index (χ2n) is 7.14. The Kier molecular flexibility index (Phi) is 6.47. The number of thiazole rings is 1. The minimum absolute atomic E-state index is 0.145.